The zero-order chi connectivity index (χ0) is 16.9. The van der Waals surface area contributed by atoms with Crippen molar-refractivity contribution in [2.24, 2.45) is 0 Å². The molecule has 0 amide bonds. The summed E-state index contributed by atoms with van der Waals surface area (Å²) in [5, 5.41) is 0. The molecule has 0 saturated carbocycles. The number of fused-ring (bicyclic) bond motifs is 1. The van der Waals surface area contributed by atoms with E-state index in [4.69, 9.17) is 4.74 Å². The monoisotopic (exact) mass is 449 g/mol. The van der Waals surface area contributed by atoms with Crippen LogP contribution in [0.5, 0.6) is 0 Å². The van der Waals surface area contributed by atoms with Crippen molar-refractivity contribution in [1.82, 2.24) is 4.90 Å². The van der Waals surface area contributed by atoms with Gasteiger partial charge in [-0.1, -0.05) is 56.1 Å². The van der Waals surface area contributed by atoms with Gasteiger partial charge in [-0.2, -0.15) is 0 Å². The number of benzene rings is 2. The minimum absolute atomic E-state index is 0.263. The fourth-order valence-electron chi connectivity index (χ4n) is 4.42. The van der Waals surface area contributed by atoms with E-state index in [0.29, 0.717) is 6.04 Å². The van der Waals surface area contributed by atoms with E-state index in [9.17, 15) is 0 Å². The second kappa shape index (κ2) is 5.94. The molecule has 24 heavy (non-hydrogen) atoms. The SMILES string of the molecule is CC1(C)OC(c2ccc(Br)cc2)(c2ccc(Br)cc2)[C@@H]2CCCN21. The molecule has 0 bridgehead atoms. The second-order valence-electron chi connectivity index (χ2n) is 7.15. The van der Waals surface area contributed by atoms with Gasteiger partial charge in [0.2, 0.25) is 0 Å². The van der Waals surface area contributed by atoms with Crippen LogP contribution in [0.3, 0.4) is 0 Å². The number of halogens is 2. The Morgan fingerprint density at radius 3 is 1.92 bits per heavy atom. The molecule has 0 N–H and O–H groups in total. The quantitative estimate of drug-likeness (QED) is 0.582. The van der Waals surface area contributed by atoms with Crippen molar-refractivity contribution in [3.05, 3.63) is 68.6 Å². The normalized spacial score (nSPS) is 24.9. The number of ether oxygens (including phenoxy) is 1. The van der Waals surface area contributed by atoms with Gasteiger partial charge in [0.15, 0.2) is 0 Å². The predicted molar refractivity (Wildman–Crippen MR) is 104 cm³/mol. The van der Waals surface area contributed by atoms with Crippen molar-refractivity contribution in [3.8, 4) is 0 Å². The molecular weight excluding hydrogens is 430 g/mol. The summed E-state index contributed by atoms with van der Waals surface area (Å²) in [5.41, 5.74) is 1.79. The summed E-state index contributed by atoms with van der Waals surface area (Å²) >= 11 is 7.12. The first-order valence-corrected chi connectivity index (χ1v) is 10.0. The van der Waals surface area contributed by atoms with Gasteiger partial charge in [-0.05, 0) is 62.1 Å². The summed E-state index contributed by atoms with van der Waals surface area (Å²) in [6.45, 7) is 5.50. The largest absolute Gasteiger partial charge is 0.343 e. The van der Waals surface area contributed by atoms with Gasteiger partial charge in [0.1, 0.15) is 11.3 Å². The van der Waals surface area contributed by atoms with Gasteiger partial charge in [0.25, 0.3) is 0 Å². The molecule has 2 aromatic rings. The van der Waals surface area contributed by atoms with Crippen LogP contribution < -0.4 is 0 Å². The maximum atomic E-state index is 6.85. The van der Waals surface area contributed by atoms with Crippen LogP contribution >= 0.6 is 31.9 Å². The van der Waals surface area contributed by atoms with Crippen molar-refractivity contribution in [1.29, 1.82) is 0 Å². The Bertz CT molecular complexity index is 694. The molecular formula is C20H21Br2NO. The maximum Gasteiger partial charge on any atom is 0.136 e. The number of rotatable bonds is 2. The highest BCUT2D eigenvalue weighted by atomic mass is 79.9. The molecule has 126 valence electrons. The highest BCUT2D eigenvalue weighted by molar-refractivity contribution is 9.10. The van der Waals surface area contributed by atoms with Crippen LogP contribution in [-0.2, 0) is 10.3 Å². The molecule has 2 heterocycles. The molecule has 0 aromatic heterocycles. The van der Waals surface area contributed by atoms with Crippen LogP contribution in [0.15, 0.2) is 57.5 Å². The molecule has 2 aliphatic heterocycles. The lowest BCUT2D eigenvalue weighted by Gasteiger charge is -2.35. The average Bonchev–Trinajstić information content (AvgIpc) is 3.12. The number of hydrogen-bond acceptors (Lipinski definition) is 2. The molecule has 2 fully saturated rings. The molecule has 4 heteroatoms. The molecule has 2 aliphatic rings. The van der Waals surface area contributed by atoms with E-state index in [1.807, 2.05) is 0 Å². The molecule has 0 aliphatic carbocycles. The fraction of sp³-hybridized carbons (Fsp3) is 0.400. The van der Waals surface area contributed by atoms with E-state index < -0.39 is 5.60 Å². The minimum Gasteiger partial charge on any atom is -0.343 e. The Morgan fingerprint density at radius 2 is 1.42 bits per heavy atom. The molecule has 0 spiro atoms. The van der Waals surface area contributed by atoms with Crippen LogP contribution in [0, 0.1) is 0 Å². The lowest BCUT2D eigenvalue weighted by Crippen LogP contribution is -2.42. The van der Waals surface area contributed by atoms with Crippen LogP contribution in [-0.4, -0.2) is 23.2 Å². The molecule has 4 rings (SSSR count). The summed E-state index contributed by atoms with van der Waals surface area (Å²) in [6.07, 6.45) is 2.39. The van der Waals surface area contributed by atoms with E-state index in [1.54, 1.807) is 0 Å². The van der Waals surface area contributed by atoms with Crippen molar-refractivity contribution in [2.75, 3.05) is 6.54 Å². The Morgan fingerprint density at radius 1 is 0.917 bits per heavy atom. The van der Waals surface area contributed by atoms with E-state index in [2.05, 4.69) is 99.1 Å². The first-order valence-electron chi connectivity index (χ1n) is 8.42. The highest BCUT2D eigenvalue weighted by Crippen LogP contribution is 2.53. The first-order chi connectivity index (χ1) is 11.4. The zero-order valence-corrected chi connectivity index (χ0v) is 17.1. The third kappa shape index (κ3) is 2.50. The maximum absolute atomic E-state index is 6.85. The van der Waals surface area contributed by atoms with Crippen LogP contribution in [0.1, 0.15) is 37.8 Å². The minimum atomic E-state index is -0.415. The molecule has 2 aromatic carbocycles. The van der Waals surface area contributed by atoms with Crippen molar-refractivity contribution >= 4 is 31.9 Å². The first kappa shape index (κ1) is 16.8. The lowest BCUT2D eigenvalue weighted by molar-refractivity contribution is -0.107. The second-order valence-corrected chi connectivity index (χ2v) is 8.98. The molecule has 2 saturated heterocycles. The summed E-state index contributed by atoms with van der Waals surface area (Å²) in [6, 6.07) is 17.6. The Hall–Kier alpha value is -0.680. The third-order valence-corrected chi connectivity index (χ3v) is 6.43. The van der Waals surface area contributed by atoms with E-state index in [-0.39, 0.29) is 5.72 Å². The van der Waals surface area contributed by atoms with Crippen molar-refractivity contribution < 1.29 is 4.74 Å². The van der Waals surface area contributed by atoms with Gasteiger partial charge >= 0.3 is 0 Å². The number of nitrogens with zero attached hydrogens (tertiary/aromatic N) is 1. The predicted octanol–water partition coefficient (Wildman–Crippen LogP) is 5.69. The van der Waals surface area contributed by atoms with Crippen molar-refractivity contribution in [3.63, 3.8) is 0 Å². The zero-order valence-electron chi connectivity index (χ0n) is 13.9. The summed E-state index contributed by atoms with van der Waals surface area (Å²) in [5.74, 6) is 0. The van der Waals surface area contributed by atoms with E-state index in [0.717, 1.165) is 21.9 Å². The molecule has 2 nitrogen and oxygen atoms in total. The standard InChI is InChI=1S/C20H21Br2NO/c1-19(2)23-13-3-4-18(23)20(24-19,14-5-9-16(21)10-6-14)15-7-11-17(22)12-8-15/h5-12,18H,3-4,13H2,1-2H3/t18-/m0/s1. The Balaban J connectivity index is 1.93. The van der Waals surface area contributed by atoms with Gasteiger partial charge < -0.3 is 4.74 Å². The van der Waals surface area contributed by atoms with Gasteiger partial charge in [0.05, 0.1) is 0 Å². The van der Waals surface area contributed by atoms with Gasteiger partial charge in [-0.3, -0.25) is 4.90 Å². The van der Waals surface area contributed by atoms with E-state index in [1.165, 1.54) is 17.5 Å². The Kier molecular flexibility index (Phi) is 4.15. The smallest absolute Gasteiger partial charge is 0.136 e. The molecule has 1 atom stereocenters. The summed E-state index contributed by atoms with van der Waals surface area (Å²) in [4.78, 5) is 2.54. The highest BCUT2D eigenvalue weighted by Gasteiger charge is 2.59. The van der Waals surface area contributed by atoms with E-state index >= 15 is 0 Å². The fourth-order valence-corrected chi connectivity index (χ4v) is 4.95. The van der Waals surface area contributed by atoms with Gasteiger partial charge in [-0.25, -0.2) is 0 Å². The Labute approximate surface area is 160 Å². The van der Waals surface area contributed by atoms with Crippen LogP contribution in [0.2, 0.25) is 0 Å². The lowest BCUT2D eigenvalue weighted by atomic mass is 9.79. The number of hydrogen-bond donors (Lipinski definition) is 0. The topological polar surface area (TPSA) is 12.5 Å². The average molecular weight is 451 g/mol. The van der Waals surface area contributed by atoms with Crippen LogP contribution in [0.4, 0.5) is 0 Å². The van der Waals surface area contributed by atoms with Gasteiger partial charge in [0, 0.05) is 21.5 Å². The third-order valence-electron chi connectivity index (χ3n) is 5.37. The van der Waals surface area contributed by atoms with Gasteiger partial charge in [-0.15, -0.1) is 0 Å². The summed E-state index contributed by atoms with van der Waals surface area (Å²) < 4.78 is 9.04. The van der Waals surface area contributed by atoms with Crippen LogP contribution in [0.25, 0.3) is 0 Å². The summed E-state index contributed by atoms with van der Waals surface area (Å²) in [7, 11) is 0. The molecule has 0 radical (unpaired) electrons. The van der Waals surface area contributed by atoms with Crippen molar-refractivity contribution in [2.45, 2.75) is 44.1 Å². The molecule has 0 unspecified atom stereocenters.